The Kier molecular flexibility index (Phi) is 5.87. The molecule has 0 aliphatic rings. The number of esters is 1. The van der Waals surface area contributed by atoms with Gasteiger partial charge in [-0.3, -0.25) is 0 Å². The second-order valence-electron chi connectivity index (χ2n) is 4.55. The number of ether oxygens (including phenoxy) is 2. The average Bonchev–Trinajstić information content (AvgIpc) is 3.13. The number of hydrogen-bond donors (Lipinski definition) is 0. The van der Waals surface area contributed by atoms with Crippen molar-refractivity contribution in [2.24, 2.45) is 5.92 Å². The molecule has 0 radical (unpaired) electrons. The van der Waals surface area contributed by atoms with E-state index in [1.54, 1.807) is 13.0 Å². The fourth-order valence-electron chi connectivity index (χ4n) is 1.44. The molecule has 120 valence electrons. The normalized spacial score (nSPS) is 12.1. The van der Waals surface area contributed by atoms with E-state index in [9.17, 15) is 4.79 Å². The first-order chi connectivity index (χ1) is 10.6. The molecular formula is C12H16BrN5O4. The Hall–Kier alpha value is -1.97. The first-order valence-electron chi connectivity index (χ1n) is 6.71. The molecule has 0 aliphatic heterocycles. The van der Waals surface area contributed by atoms with Gasteiger partial charge in [0.05, 0.1) is 19.3 Å². The number of aromatic nitrogens is 5. The molecule has 0 N–H and O–H groups in total. The van der Waals surface area contributed by atoms with Gasteiger partial charge in [-0.15, -0.1) is 10.2 Å². The summed E-state index contributed by atoms with van der Waals surface area (Å²) in [5.41, 5.74) is 0. The predicted molar refractivity (Wildman–Crippen MR) is 78.4 cm³/mol. The van der Waals surface area contributed by atoms with Crippen LogP contribution in [0, 0.1) is 5.92 Å². The van der Waals surface area contributed by atoms with Crippen LogP contribution in [0.2, 0.25) is 0 Å². The van der Waals surface area contributed by atoms with Gasteiger partial charge in [0.2, 0.25) is 11.6 Å². The summed E-state index contributed by atoms with van der Waals surface area (Å²) in [4.78, 5) is 12.5. The lowest BCUT2D eigenvalue weighted by molar-refractivity contribution is -0.144. The first kappa shape index (κ1) is 16.4. The molecule has 22 heavy (non-hydrogen) atoms. The molecule has 0 saturated heterocycles. The van der Waals surface area contributed by atoms with Gasteiger partial charge in [-0.1, -0.05) is 22.9 Å². The quantitative estimate of drug-likeness (QED) is 0.503. The molecule has 10 heteroatoms. The lowest BCUT2D eigenvalue weighted by atomic mass is 10.2. The molecule has 9 nitrogen and oxygen atoms in total. The van der Waals surface area contributed by atoms with Crippen LogP contribution in [0.4, 0.5) is 0 Å². The van der Waals surface area contributed by atoms with Gasteiger partial charge in [-0.25, -0.2) is 4.79 Å². The topological polar surface area (TPSA) is 105 Å². The van der Waals surface area contributed by atoms with E-state index in [-0.39, 0.29) is 12.4 Å². The molecule has 2 aromatic rings. The van der Waals surface area contributed by atoms with Gasteiger partial charge in [-0.2, -0.15) is 4.80 Å². The van der Waals surface area contributed by atoms with Gasteiger partial charge in [-0.05, 0) is 23.2 Å². The van der Waals surface area contributed by atoms with Crippen LogP contribution >= 0.6 is 15.9 Å². The lowest BCUT2D eigenvalue weighted by Gasteiger charge is -2.06. The van der Waals surface area contributed by atoms with Crippen molar-refractivity contribution in [3.63, 3.8) is 0 Å². The maximum absolute atomic E-state index is 11.3. The minimum Gasteiger partial charge on any atom is -0.475 e. The van der Waals surface area contributed by atoms with Crippen LogP contribution in [-0.2, 0) is 16.1 Å². The van der Waals surface area contributed by atoms with Crippen LogP contribution in [0.3, 0.4) is 0 Å². The van der Waals surface area contributed by atoms with Crippen LogP contribution < -0.4 is 4.74 Å². The van der Waals surface area contributed by atoms with Gasteiger partial charge in [0.1, 0.15) is 0 Å². The Morgan fingerprint density at radius 1 is 1.55 bits per heavy atom. The summed E-state index contributed by atoms with van der Waals surface area (Å²) in [7, 11) is 0. The SMILES string of the molecule is CCOC(=O)Cn1nnc(-c2cc(OC[C@H](C)CBr)no2)n1. The smallest absolute Gasteiger partial charge is 0.329 e. The first-order valence-corrected chi connectivity index (χ1v) is 7.83. The number of halogens is 1. The van der Waals surface area contributed by atoms with Crippen molar-refractivity contribution in [3.8, 4) is 17.5 Å². The van der Waals surface area contributed by atoms with Crippen LogP contribution in [0.15, 0.2) is 10.6 Å². The average molecular weight is 374 g/mol. The molecule has 0 aliphatic carbocycles. The number of carbonyl (C=O) groups is 1. The molecular weight excluding hydrogens is 358 g/mol. The number of rotatable bonds is 8. The van der Waals surface area contributed by atoms with E-state index in [0.29, 0.717) is 30.8 Å². The van der Waals surface area contributed by atoms with Gasteiger partial charge in [0, 0.05) is 5.33 Å². The summed E-state index contributed by atoms with van der Waals surface area (Å²) in [5, 5.41) is 16.2. The Bertz CT molecular complexity index is 614. The number of alkyl halides is 1. The molecule has 0 saturated carbocycles. The van der Waals surface area contributed by atoms with Crippen molar-refractivity contribution in [2.45, 2.75) is 20.4 Å². The van der Waals surface area contributed by atoms with E-state index in [1.807, 2.05) is 6.92 Å². The second kappa shape index (κ2) is 7.87. The maximum atomic E-state index is 11.3. The van der Waals surface area contributed by atoms with Gasteiger partial charge >= 0.3 is 5.97 Å². The Morgan fingerprint density at radius 3 is 3.09 bits per heavy atom. The zero-order valence-electron chi connectivity index (χ0n) is 12.2. The summed E-state index contributed by atoms with van der Waals surface area (Å²) < 4.78 is 15.4. The van der Waals surface area contributed by atoms with E-state index in [4.69, 9.17) is 14.0 Å². The number of carbonyl (C=O) groups excluding carboxylic acids is 1. The zero-order valence-corrected chi connectivity index (χ0v) is 13.8. The molecule has 0 spiro atoms. The third-order valence-electron chi connectivity index (χ3n) is 2.52. The highest BCUT2D eigenvalue weighted by molar-refractivity contribution is 9.09. The zero-order chi connectivity index (χ0) is 15.9. The van der Waals surface area contributed by atoms with E-state index < -0.39 is 5.97 Å². The Labute approximate surface area is 135 Å². The maximum Gasteiger partial charge on any atom is 0.329 e. The number of nitrogens with zero attached hydrogens (tertiary/aromatic N) is 5. The molecule has 1 atom stereocenters. The van der Waals surface area contributed by atoms with Crippen LogP contribution in [0.25, 0.3) is 11.6 Å². The minimum atomic E-state index is -0.434. The largest absolute Gasteiger partial charge is 0.475 e. The fraction of sp³-hybridized carbons (Fsp3) is 0.583. The second-order valence-corrected chi connectivity index (χ2v) is 5.20. The standard InChI is InChI=1S/C12H16BrN5O4/c1-3-20-11(19)6-18-15-12(14-17-18)9-4-10(16-22-9)21-7-8(2)5-13/h4,8H,3,5-7H2,1-2H3/t8-/m1/s1. The summed E-state index contributed by atoms with van der Waals surface area (Å²) in [6.07, 6.45) is 0. The van der Waals surface area contributed by atoms with Crippen molar-refractivity contribution in [3.05, 3.63) is 6.07 Å². The summed E-state index contributed by atoms with van der Waals surface area (Å²) in [6, 6.07) is 1.58. The molecule has 0 unspecified atom stereocenters. The molecule has 0 amide bonds. The monoisotopic (exact) mass is 373 g/mol. The molecule has 0 aromatic carbocycles. The highest BCUT2D eigenvalue weighted by Crippen LogP contribution is 2.20. The van der Waals surface area contributed by atoms with Gasteiger partial charge in [0.25, 0.3) is 5.88 Å². The predicted octanol–water partition coefficient (Wildman–Crippen LogP) is 1.30. The van der Waals surface area contributed by atoms with Crippen molar-refractivity contribution in [1.29, 1.82) is 0 Å². The fourth-order valence-corrected chi connectivity index (χ4v) is 1.62. The van der Waals surface area contributed by atoms with Crippen molar-refractivity contribution >= 4 is 21.9 Å². The molecule has 2 heterocycles. The molecule has 0 bridgehead atoms. The number of tetrazole rings is 1. The van der Waals surface area contributed by atoms with E-state index >= 15 is 0 Å². The number of hydrogen-bond acceptors (Lipinski definition) is 8. The third kappa shape index (κ3) is 4.52. The van der Waals surface area contributed by atoms with Crippen LogP contribution in [0.5, 0.6) is 5.88 Å². The van der Waals surface area contributed by atoms with Crippen LogP contribution in [0.1, 0.15) is 13.8 Å². The molecule has 2 aromatic heterocycles. The Morgan fingerprint density at radius 2 is 2.36 bits per heavy atom. The van der Waals surface area contributed by atoms with Crippen molar-refractivity contribution in [2.75, 3.05) is 18.5 Å². The van der Waals surface area contributed by atoms with Gasteiger partial charge in [0.15, 0.2) is 6.54 Å². The molecule has 0 fully saturated rings. The lowest BCUT2D eigenvalue weighted by Crippen LogP contribution is -2.15. The summed E-state index contributed by atoms with van der Waals surface area (Å²) in [5.74, 6) is 0.807. The van der Waals surface area contributed by atoms with Crippen molar-refractivity contribution in [1.82, 2.24) is 25.4 Å². The van der Waals surface area contributed by atoms with E-state index in [0.717, 1.165) is 10.1 Å². The van der Waals surface area contributed by atoms with E-state index in [1.165, 1.54) is 0 Å². The summed E-state index contributed by atoms with van der Waals surface area (Å²) in [6.45, 7) is 4.47. The van der Waals surface area contributed by atoms with Crippen molar-refractivity contribution < 1.29 is 18.8 Å². The third-order valence-corrected chi connectivity index (χ3v) is 3.62. The van der Waals surface area contributed by atoms with E-state index in [2.05, 4.69) is 36.5 Å². The highest BCUT2D eigenvalue weighted by atomic mass is 79.9. The highest BCUT2D eigenvalue weighted by Gasteiger charge is 2.15. The Balaban J connectivity index is 1.96. The van der Waals surface area contributed by atoms with Gasteiger partial charge < -0.3 is 14.0 Å². The van der Waals surface area contributed by atoms with Crippen LogP contribution in [-0.4, -0.2) is 49.9 Å². The summed E-state index contributed by atoms with van der Waals surface area (Å²) >= 11 is 3.37. The molecule has 2 rings (SSSR count). The minimum absolute atomic E-state index is 0.110.